The van der Waals surface area contributed by atoms with Gasteiger partial charge in [-0.3, -0.25) is 9.59 Å². The highest BCUT2D eigenvalue weighted by molar-refractivity contribution is 5.77. The van der Waals surface area contributed by atoms with E-state index in [0.29, 0.717) is 12.6 Å². The lowest BCUT2D eigenvalue weighted by Gasteiger charge is -2.40. The minimum atomic E-state index is -0.293. The topological polar surface area (TPSA) is 62.6 Å². The molecular weight excluding hydrogens is 314 g/mol. The van der Waals surface area contributed by atoms with Crippen molar-refractivity contribution in [1.82, 2.24) is 10.6 Å². The van der Waals surface area contributed by atoms with Crippen molar-refractivity contribution < 1.29 is 14.5 Å². The number of carbonyl (C=O) groups excluding carboxylic acids is 2. The van der Waals surface area contributed by atoms with Crippen LogP contribution in [0.5, 0.6) is 0 Å². The number of benzene rings is 1. The van der Waals surface area contributed by atoms with Crippen molar-refractivity contribution >= 4 is 11.8 Å². The molecule has 2 fully saturated rings. The fraction of sp³-hybridized carbons (Fsp3) is 0.600. The maximum Gasteiger partial charge on any atom is 0.275 e. The van der Waals surface area contributed by atoms with Crippen molar-refractivity contribution in [3.63, 3.8) is 0 Å². The van der Waals surface area contributed by atoms with Gasteiger partial charge >= 0.3 is 0 Å². The molecule has 136 valence electrons. The van der Waals surface area contributed by atoms with Crippen LogP contribution in [0.15, 0.2) is 30.3 Å². The Kier molecular flexibility index (Phi) is 5.74. The molecule has 1 saturated heterocycles. The zero-order valence-electron chi connectivity index (χ0n) is 15.1. The van der Waals surface area contributed by atoms with Crippen LogP contribution in [0, 0.1) is 0 Å². The van der Waals surface area contributed by atoms with Crippen LogP contribution in [0.25, 0.3) is 0 Å². The number of carbonyl (C=O) groups is 2. The lowest BCUT2D eigenvalue weighted by molar-refractivity contribution is -0.898. The number of likely N-dealkylation sites (tertiary alicyclic amines) is 1. The maximum atomic E-state index is 12.3. The maximum absolute atomic E-state index is 12.3. The third kappa shape index (κ3) is 4.60. The van der Waals surface area contributed by atoms with E-state index in [4.69, 9.17) is 0 Å². The molecule has 3 N–H and O–H groups in total. The Balaban J connectivity index is 1.58. The second kappa shape index (κ2) is 8.00. The van der Waals surface area contributed by atoms with Gasteiger partial charge in [0.25, 0.3) is 5.91 Å². The summed E-state index contributed by atoms with van der Waals surface area (Å²) in [5.41, 5.74) is 0.873. The molecule has 0 radical (unpaired) electrons. The summed E-state index contributed by atoms with van der Waals surface area (Å²) in [6.07, 6.45) is 6.45. The van der Waals surface area contributed by atoms with Crippen LogP contribution >= 0.6 is 0 Å². The third-order valence-electron chi connectivity index (χ3n) is 5.68. The zero-order valence-corrected chi connectivity index (χ0v) is 15.1. The molecule has 0 spiro atoms. The van der Waals surface area contributed by atoms with Crippen LogP contribution in [-0.4, -0.2) is 37.5 Å². The van der Waals surface area contributed by atoms with Crippen molar-refractivity contribution in [3.8, 4) is 0 Å². The molecule has 1 aromatic carbocycles. The molecule has 1 aliphatic carbocycles. The second-order valence-corrected chi connectivity index (χ2v) is 7.60. The second-order valence-electron chi connectivity index (χ2n) is 7.60. The zero-order chi connectivity index (χ0) is 17.7. The number of amides is 2. The van der Waals surface area contributed by atoms with Crippen LogP contribution < -0.4 is 15.5 Å². The number of quaternary nitrogens is 1. The Bertz CT molecular complexity index is 588. The van der Waals surface area contributed by atoms with Crippen molar-refractivity contribution in [1.29, 1.82) is 0 Å². The average molecular weight is 344 g/mol. The molecule has 1 saturated carbocycles. The molecule has 5 heteroatoms. The Labute approximate surface area is 150 Å². The molecule has 0 unspecified atom stereocenters. The summed E-state index contributed by atoms with van der Waals surface area (Å²) in [4.78, 5) is 25.3. The summed E-state index contributed by atoms with van der Waals surface area (Å²) in [5, 5.41) is 6.37. The first-order valence-corrected chi connectivity index (χ1v) is 9.55. The normalized spacial score (nSPS) is 27.0. The fourth-order valence-electron chi connectivity index (χ4n) is 4.36. The van der Waals surface area contributed by atoms with Gasteiger partial charge in [0.2, 0.25) is 5.91 Å². The molecule has 0 atom stereocenters. The van der Waals surface area contributed by atoms with Crippen molar-refractivity contribution in [2.75, 3.05) is 19.6 Å². The van der Waals surface area contributed by atoms with Gasteiger partial charge in [-0.25, -0.2) is 0 Å². The molecular formula is C20H30N3O2+. The highest BCUT2D eigenvalue weighted by Crippen LogP contribution is 2.29. The molecule has 0 aromatic heterocycles. The van der Waals surface area contributed by atoms with Gasteiger partial charge in [0.15, 0.2) is 6.54 Å². The van der Waals surface area contributed by atoms with E-state index in [1.54, 1.807) is 6.92 Å². The summed E-state index contributed by atoms with van der Waals surface area (Å²) in [5.74, 6) is 0.180. The smallest absolute Gasteiger partial charge is 0.275 e. The highest BCUT2D eigenvalue weighted by atomic mass is 16.2. The Morgan fingerprint density at radius 2 is 1.76 bits per heavy atom. The van der Waals surface area contributed by atoms with E-state index in [1.807, 2.05) is 18.2 Å². The predicted molar refractivity (Wildman–Crippen MR) is 97.1 cm³/mol. The van der Waals surface area contributed by atoms with E-state index in [1.165, 1.54) is 23.3 Å². The van der Waals surface area contributed by atoms with E-state index < -0.39 is 0 Å². The molecule has 25 heavy (non-hydrogen) atoms. The summed E-state index contributed by atoms with van der Waals surface area (Å²) >= 11 is 0. The molecule has 3 rings (SSSR count). The van der Waals surface area contributed by atoms with Crippen LogP contribution in [0.3, 0.4) is 0 Å². The van der Waals surface area contributed by atoms with Crippen LogP contribution in [-0.2, 0) is 15.1 Å². The SMILES string of the molecule is CC(=O)NC1(c2ccccc2)CC[NH+](CC(=O)NC2CCCC2)CC1. The quantitative estimate of drug-likeness (QED) is 0.738. The van der Waals surface area contributed by atoms with Gasteiger partial charge in [-0.15, -0.1) is 0 Å². The average Bonchev–Trinajstić information content (AvgIpc) is 3.10. The van der Waals surface area contributed by atoms with E-state index in [9.17, 15) is 9.59 Å². The van der Waals surface area contributed by atoms with Gasteiger partial charge in [0.1, 0.15) is 0 Å². The van der Waals surface area contributed by atoms with Crippen molar-refractivity contribution in [2.45, 2.75) is 57.0 Å². The Hall–Kier alpha value is -1.88. The lowest BCUT2D eigenvalue weighted by Crippen LogP contribution is -3.14. The van der Waals surface area contributed by atoms with E-state index in [2.05, 4.69) is 22.8 Å². The van der Waals surface area contributed by atoms with Gasteiger partial charge in [-0.2, -0.15) is 0 Å². The fourth-order valence-corrected chi connectivity index (χ4v) is 4.36. The number of nitrogens with one attached hydrogen (secondary N) is 3. The van der Waals surface area contributed by atoms with Crippen molar-refractivity contribution in [2.24, 2.45) is 0 Å². The largest absolute Gasteiger partial charge is 0.348 e. The summed E-state index contributed by atoms with van der Waals surface area (Å²) in [7, 11) is 0. The number of hydrogen-bond donors (Lipinski definition) is 3. The molecule has 1 aliphatic heterocycles. The molecule has 5 nitrogen and oxygen atoms in total. The first-order valence-electron chi connectivity index (χ1n) is 9.55. The molecule has 2 amide bonds. The summed E-state index contributed by atoms with van der Waals surface area (Å²) in [6, 6.07) is 10.6. The van der Waals surface area contributed by atoms with Crippen molar-refractivity contribution in [3.05, 3.63) is 35.9 Å². The molecule has 2 aliphatic rings. The third-order valence-corrected chi connectivity index (χ3v) is 5.68. The number of piperidine rings is 1. The van der Waals surface area contributed by atoms with E-state index >= 15 is 0 Å². The molecule has 0 bridgehead atoms. The van der Waals surface area contributed by atoms with Crippen LogP contribution in [0.1, 0.15) is 51.0 Å². The Morgan fingerprint density at radius 3 is 2.36 bits per heavy atom. The minimum Gasteiger partial charge on any atom is -0.348 e. The van der Waals surface area contributed by atoms with E-state index in [0.717, 1.165) is 38.8 Å². The van der Waals surface area contributed by atoms with Gasteiger partial charge in [0, 0.05) is 25.8 Å². The van der Waals surface area contributed by atoms with Gasteiger partial charge < -0.3 is 15.5 Å². The number of rotatable bonds is 5. The van der Waals surface area contributed by atoms with E-state index in [-0.39, 0.29) is 17.4 Å². The standard InChI is InChI=1S/C20H29N3O2/c1-16(24)22-20(17-7-3-2-4-8-17)11-13-23(14-12-20)15-19(25)21-18-9-5-6-10-18/h2-4,7-8,18H,5-6,9-15H2,1H3,(H,21,25)(H,22,24)/p+1. The van der Waals surface area contributed by atoms with Gasteiger partial charge in [-0.1, -0.05) is 43.2 Å². The van der Waals surface area contributed by atoms with Gasteiger partial charge in [0.05, 0.1) is 18.6 Å². The number of hydrogen-bond acceptors (Lipinski definition) is 2. The minimum absolute atomic E-state index is 0.00581. The van der Waals surface area contributed by atoms with Gasteiger partial charge in [-0.05, 0) is 18.4 Å². The first kappa shape index (κ1) is 17.9. The lowest BCUT2D eigenvalue weighted by atomic mass is 9.80. The summed E-state index contributed by atoms with van der Waals surface area (Å²) < 4.78 is 0. The monoisotopic (exact) mass is 344 g/mol. The summed E-state index contributed by atoms with van der Waals surface area (Å²) in [6.45, 7) is 3.92. The molecule has 1 heterocycles. The first-order chi connectivity index (χ1) is 12.1. The predicted octanol–water partition coefficient (Wildman–Crippen LogP) is 0.756. The highest BCUT2D eigenvalue weighted by Gasteiger charge is 2.39. The Morgan fingerprint density at radius 1 is 1.12 bits per heavy atom. The molecule has 1 aromatic rings. The van der Waals surface area contributed by atoms with Crippen LogP contribution in [0.2, 0.25) is 0 Å². The van der Waals surface area contributed by atoms with Crippen LogP contribution in [0.4, 0.5) is 0 Å².